The van der Waals surface area contributed by atoms with Crippen LogP contribution in [0.1, 0.15) is 5.56 Å². The van der Waals surface area contributed by atoms with Crippen molar-refractivity contribution in [2.24, 2.45) is 7.05 Å². The average Bonchev–Trinajstić information content (AvgIpc) is 3.07. The van der Waals surface area contributed by atoms with Crippen molar-refractivity contribution < 1.29 is 9.18 Å². The predicted molar refractivity (Wildman–Crippen MR) is 105 cm³/mol. The van der Waals surface area contributed by atoms with E-state index >= 15 is 0 Å². The molecule has 1 fully saturated rings. The van der Waals surface area contributed by atoms with Crippen LogP contribution in [0.2, 0.25) is 0 Å². The Kier molecular flexibility index (Phi) is 4.91. The number of anilines is 2. The second kappa shape index (κ2) is 7.51. The highest BCUT2D eigenvalue weighted by atomic mass is 19.1. The minimum atomic E-state index is -0.321. The molecule has 146 valence electrons. The van der Waals surface area contributed by atoms with Crippen LogP contribution >= 0.6 is 0 Å². The fraction of sp³-hybridized carbons (Fsp3) is 0.368. The van der Waals surface area contributed by atoms with Gasteiger partial charge in [0.05, 0.1) is 18.1 Å². The number of hydrogen-bond donors (Lipinski definition) is 1. The Morgan fingerprint density at radius 2 is 2.00 bits per heavy atom. The molecule has 1 saturated heterocycles. The monoisotopic (exact) mass is 383 g/mol. The lowest BCUT2D eigenvalue weighted by molar-refractivity contribution is -0.117. The molecular weight excluding hydrogens is 361 g/mol. The molecule has 1 aliphatic heterocycles. The molecular formula is C19H22FN7O. The Labute approximate surface area is 162 Å². The number of piperazine rings is 1. The van der Waals surface area contributed by atoms with Crippen LogP contribution in [0.5, 0.6) is 0 Å². The van der Waals surface area contributed by atoms with E-state index in [0.29, 0.717) is 11.3 Å². The highest BCUT2D eigenvalue weighted by Gasteiger charge is 2.22. The SMILES string of the molecule is Cc1ccc(NC(=O)CN2CCN(c3ncnc4c3cnn4C)CC2)cc1F. The number of aryl methyl sites for hydroxylation is 2. The molecule has 0 atom stereocenters. The van der Waals surface area contributed by atoms with Crippen LogP contribution in [0.3, 0.4) is 0 Å². The van der Waals surface area contributed by atoms with Gasteiger partial charge in [-0.1, -0.05) is 6.07 Å². The lowest BCUT2D eigenvalue weighted by Gasteiger charge is -2.35. The Balaban J connectivity index is 1.35. The van der Waals surface area contributed by atoms with Crippen LogP contribution < -0.4 is 10.2 Å². The molecule has 0 unspecified atom stereocenters. The zero-order chi connectivity index (χ0) is 19.7. The molecule has 1 aliphatic rings. The molecule has 9 heteroatoms. The van der Waals surface area contributed by atoms with Gasteiger partial charge in [-0.25, -0.2) is 14.4 Å². The molecule has 0 spiro atoms. The summed E-state index contributed by atoms with van der Waals surface area (Å²) >= 11 is 0. The van der Waals surface area contributed by atoms with Crippen molar-refractivity contribution in [1.29, 1.82) is 0 Å². The normalized spacial score (nSPS) is 15.2. The number of halogens is 1. The van der Waals surface area contributed by atoms with Gasteiger partial charge in [0.2, 0.25) is 5.91 Å². The van der Waals surface area contributed by atoms with Gasteiger partial charge in [-0.2, -0.15) is 5.10 Å². The van der Waals surface area contributed by atoms with Crippen LogP contribution in [-0.2, 0) is 11.8 Å². The first-order valence-corrected chi connectivity index (χ1v) is 9.17. The molecule has 0 saturated carbocycles. The molecule has 1 amide bonds. The number of hydrogen-bond acceptors (Lipinski definition) is 6. The third-order valence-electron chi connectivity index (χ3n) is 5.00. The molecule has 3 heterocycles. The summed E-state index contributed by atoms with van der Waals surface area (Å²) in [4.78, 5) is 25.3. The molecule has 8 nitrogen and oxygen atoms in total. The summed E-state index contributed by atoms with van der Waals surface area (Å²) < 4.78 is 15.4. The van der Waals surface area contributed by atoms with Gasteiger partial charge in [-0.15, -0.1) is 0 Å². The van der Waals surface area contributed by atoms with E-state index in [1.165, 1.54) is 6.07 Å². The van der Waals surface area contributed by atoms with Crippen molar-refractivity contribution in [3.8, 4) is 0 Å². The van der Waals surface area contributed by atoms with Gasteiger partial charge in [0.25, 0.3) is 0 Å². The molecule has 0 bridgehead atoms. The molecule has 28 heavy (non-hydrogen) atoms. The first-order valence-electron chi connectivity index (χ1n) is 9.17. The van der Waals surface area contributed by atoms with Crippen LogP contribution in [-0.4, -0.2) is 63.3 Å². The summed E-state index contributed by atoms with van der Waals surface area (Å²) in [5.41, 5.74) is 1.84. The molecule has 1 aromatic carbocycles. The lowest BCUT2D eigenvalue weighted by atomic mass is 10.2. The van der Waals surface area contributed by atoms with Gasteiger partial charge in [0.15, 0.2) is 5.65 Å². The first-order chi connectivity index (χ1) is 13.5. The van der Waals surface area contributed by atoms with E-state index in [4.69, 9.17) is 0 Å². The number of carbonyl (C=O) groups is 1. The first kappa shape index (κ1) is 18.3. The van der Waals surface area contributed by atoms with E-state index in [0.717, 1.165) is 43.0 Å². The second-order valence-corrected chi connectivity index (χ2v) is 6.98. The zero-order valence-electron chi connectivity index (χ0n) is 15.9. The van der Waals surface area contributed by atoms with E-state index < -0.39 is 0 Å². The predicted octanol–water partition coefficient (Wildman–Crippen LogP) is 1.57. The Hall–Kier alpha value is -3.07. The van der Waals surface area contributed by atoms with Gasteiger partial charge in [0.1, 0.15) is 18.0 Å². The van der Waals surface area contributed by atoms with Crippen LogP contribution in [0.15, 0.2) is 30.7 Å². The maximum Gasteiger partial charge on any atom is 0.238 e. The van der Waals surface area contributed by atoms with E-state index in [1.807, 2.05) is 7.05 Å². The van der Waals surface area contributed by atoms with E-state index in [-0.39, 0.29) is 18.3 Å². The van der Waals surface area contributed by atoms with Crippen molar-refractivity contribution in [2.75, 3.05) is 42.9 Å². The molecule has 2 aromatic heterocycles. The summed E-state index contributed by atoms with van der Waals surface area (Å²) in [6.07, 6.45) is 3.34. The summed E-state index contributed by atoms with van der Waals surface area (Å²) in [6, 6.07) is 4.71. The van der Waals surface area contributed by atoms with Crippen LogP contribution in [0.4, 0.5) is 15.9 Å². The van der Waals surface area contributed by atoms with Gasteiger partial charge >= 0.3 is 0 Å². The van der Waals surface area contributed by atoms with Gasteiger partial charge in [-0.05, 0) is 24.6 Å². The van der Waals surface area contributed by atoms with E-state index in [9.17, 15) is 9.18 Å². The molecule has 1 N–H and O–H groups in total. The standard InChI is InChI=1S/C19H22FN7O/c1-13-3-4-14(9-16(13)20)24-17(28)11-26-5-7-27(8-6-26)19-15-10-23-25(2)18(15)21-12-22-19/h3-4,9-10,12H,5-8,11H2,1-2H3,(H,24,28). The number of nitrogens with zero attached hydrogens (tertiary/aromatic N) is 6. The average molecular weight is 383 g/mol. The zero-order valence-corrected chi connectivity index (χ0v) is 15.9. The molecule has 0 radical (unpaired) electrons. The molecule has 0 aliphatic carbocycles. The van der Waals surface area contributed by atoms with Crippen molar-refractivity contribution >= 4 is 28.4 Å². The number of carbonyl (C=O) groups excluding carboxylic acids is 1. The fourth-order valence-electron chi connectivity index (χ4n) is 3.39. The minimum absolute atomic E-state index is 0.145. The highest BCUT2D eigenvalue weighted by molar-refractivity contribution is 5.92. The molecule has 4 rings (SSSR count). The summed E-state index contributed by atoms with van der Waals surface area (Å²) in [6.45, 7) is 4.95. The van der Waals surface area contributed by atoms with Crippen molar-refractivity contribution in [2.45, 2.75) is 6.92 Å². The third-order valence-corrected chi connectivity index (χ3v) is 5.00. The largest absolute Gasteiger partial charge is 0.353 e. The quantitative estimate of drug-likeness (QED) is 0.737. The number of nitrogens with one attached hydrogen (secondary N) is 1. The Morgan fingerprint density at radius 1 is 1.21 bits per heavy atom. The lowest BCUT2D eigenvalue weighted by Crippen LogP contribution is -2.49. The smallest absolute Gasteiger partial charge is 0.238 e. The van der Waals surface area contributed by atoms with Crippen molar-refractivity contribution in [3.05, 3.63) is 42.1 Å². The number of fused-ring (bicyclic) bond motifs is 1. The minimum Gasteiger partial charge on any atom is -0.353 e. The number of amides is 1. The van der Waals surface area contributed by atoms with Gasteiger partial charge in [-0.3, -0.25) is 14.4 Å². The summed E-state index contributed by atoms with van der Waals surface area (Å²) in [5, 5.41) is 7.94. The topological polar surface area (TPSA) is 79.2 Å². The maximum atomic E-state index is 13.6. The van der Waals surface area contributed by atoms with Crippen molar-refractivity contribution in [3.63, 3.8) is 0 Å². The van der Waals surface area contributed by atoms with Crippen LogP contribution in [0.25, 0.3) is 11.0 Å². The fourth-order valence-corrected chi connectivity index (χ4v) is 3.39. The highest BCUT2D eigenvalue weighted by Crippen LogP contribution is 2.23. The third kappa shape index (κ3) is 3.65. The number of rotatable bonds is 4. The maximum absolute atomic E-state index is 13.6. The Bertz CT molecular complexity index is 1010. The molecule has 3 aromatic rings. The van der Waals surface area contributed by atoms with Crippen molar-refractivity contribution in [1.82, 2.24) is 24.6 Å². The summed E-state index contributed by atoms with van der Waals surface area (Å²) in [5.74, 6) is 0.406. The number of aromatic nitrogens is 4. The Morgan fingerprint density at radius 3 is 2.75 bits per heavy atom. The van der Waals surface area contributed by atoms with E-state index in [2.05, 4.69) is 30.2 Å². The number of benzene rings is 1. The van der Waals surface area contributed by atoms with E-state index in [1.54, 1.807) is 36.3 Å². The van der Waals surface area contributed by atoms with Gasteiger partial charge < -0.3 is 10.2 Å². The second-order valence-electron chi connectivity index (χ2n) is 6.98. The van der Waals surface area contributed by atoms with Gasteiger partial charge in [0, 0.05) is 38.9 Å². The summed E-state index contributed by atoms with van der Waals surface area (Å²) in [7, 11) is 1.86. The van der Waals surface area contributed by atoms with Crippen LogP contribution in [0, 0.1) is 12.7 Å².